The number of aromatic nitrogens is 3. The third-order valence-corrected chi connectivity index (χ3v) is 4.76. The van der Waals surface area contributed by atoms with Crippen molar-refractivity contribution in [1.29, 1.82) is 0 Å². The van der Waals surface area contributed by atoms with Gasteiger partial charge in [0.1, 0.15) is 0 Å². The van der Waals surface area contributed by atoms with Gasteiger partial charge in [0.25, 0.3) is 0 Å². The second-order valence-corrected chi connectivity index (χ2v) is 6.27. The van der Waals surface area contributed by atoms with Crippen molar-refractivity contribution in [2.24, 2.45) is 0 Å². The number of hydrogen-bond donors (Lipinski definition) is 0. The van der Waals surface area contributed by atoms with Gasteiger partial charge in [0.15, 0.2) is 5.69 Å². The molecule has 0 aliphatic heterocycles. The molecule has 0 bridgehead atoms. The van der Waals surface area contributed by atoms with E-state index in [2.05, 4.69) is 39.5 Å². The molecule has 0 saturated heterocycles. The molecule has 0 radical (unpaired) electrons. The Labute approximate surface area is 135 Å². The van der Waals surface area contributed by atoms with Gasteiger partial charge in [-0.3, -0.25) is 4.90 Å². The van der Waals surface area contributed by atoms with E-state index in [4.69, 9.17) is 4.74 Å². The predicted octanol–water partition coefficient (Wildman–Crippen LogP) is 2.17. The molecule has 1 aromatic carbocycles. The fraction of sp³-hybridized carbons (Fsp3) is 0.471. The van der Waals surface area contributed by atoms with Crippen LogP contribution >= 0.6 is 0 Å². The van der Waals surface area contributed by atoms with E-state index in [-0.39, 0.29) is 5.69 Å². The molecule has 23 heavy (non-hydrogen) atoms. The molecule has 4 rings (SSSR count). The third kappa shape index (κ3) is 2.74. The Morgan fingerprint density at radius 3 is 2.96 bits per heavy atom. The SMILES string of the molecule is COC(=O)c1cn(CN(C2CC2)[C@@H]2CCc3ccccc32)nn1. The predicted molar refractivity (Wildman–Crippen MR) is 83.7 cm³/mol. The topological polar surface area (TPSA) is 60.2 Å². The first-order chi connectivity index (χ1) is 11.3. The van der Waals surface area contributed by atoms with Gasteiger partial charge in [-0.15, -0.1) is 5.10 Å². The van der Waals surface area contributed by atoms with Gasteiger partial charge in [-0.1, -0.05) is 29.5 Å². The summed E-state index contributed by atoms with van der Waals surface area (Å²) in [6.45, 7) is 0.660. The van der Waals surface area contributed by atoms with Crippen LogP contribution in [0.2, 0.25) is 0 Å². The van der Waals surface area contributed by atoms with Crippen molar-refractivity contribution in [1.82, 2.24) is 19.9 Å². The van der Waals surface area contributed by atoms with E-state index in [1.807, 2.05) is 0 Å². The molecule has 1 atom stereocenters. The monoisotopic (exact) mass is 312 g/mol. The zero-order chi connectivity index (χ0) is 15.8. The molecule has 1 saturated carbocycles. The molecule has 0 N–H and O–H groups in total. The molecule has 2 aromatic rings. The van der Waals surface area contributed by atoms with Crippen molar-refractivity contribution in [2.45, 2.75) is 44.4 Å². The van der Waals surface area contributed by atoms with Crippen LogP contribution in [0.5, 0.6) is 0 Å². The Morgan fingerprint density at radius 2 is 2.17 bits per heavy atom. The van der Waals surface area contributed by atoms with E-state index < -0.39 is 5.97 Å². The summed E-state index contributed by atoms with van der Waals surface area (Å²) in [5, 5.41) is 7.99. The van der Waals surface area contributed by atoms with E-state index in [1.165, 1.54) is 31.1 Å². The Morgan fingerprint density at radius 1 is 1.35 bits per heavy atom. The number of methoxy groups -OCH3 is 1. The lowest BCUT2D eigenvalue weighted by Crippen LogP contribution is -2.32. The first kappa shape index (κ1) is 14.4. The number of benzene rings is 1. The van der Waals surface area contributed by atoms with E-state index in [0.717, 1.165) is 12.8 Å². The average Bonchev–Trinajstić information content (AvgIpc) is 3.17. The maximum Gasteiger partial charge on any atom is 0.360 e. The molecule has 2 aliphatic carbocycles. The van der Waals surface area contributed by atoms with Crippen LogP contribution in [0.4, 0.5) is 0 Å². The quantitative estimate of drug-likeness (QED) is 0.792. The highest BCUT2D eigenvalue weighted by Gasteiger charge is 2.37. The lowest BCUT2D eigenvalue weighted by atomic mass is 10.1. The maximum absolute atomic E-state index is 11.5. The normalized spacial score (nSPS) is 19.8. The summed E-state index contributed by atoms with van der Waals surface area (Å²) in [6, 6.07) is 9.74. The van der Waals surface area contributed by atoms with Crippen LogP contribution in [-0.4, -0.2) is 39.0 Å². The van der Waals surface area contributed by atoms with Crippen LogP contribution in [0, 0.1) is 0 Å². The summed E-state index contributed by atoms with van der Waals surface area (Å²) in [7, 11) is 1.35. The Bertz CT molecular complexity index is 723. The van der Waals surface area contributed by atoms with Crippen LogP contribution in [0.25, 0.3) is 0 Å². The number of carbonyl (C=O) groups is 1. The second kappa shape index (κ2) is 5.77. The van der Waals surface area contributed by atoms with E-state index in [9.17, 15) is 4.79 Å². The number of esters is 1. The van der Waals surface area contributed by atoms with Gasteiger partial charge in [0.2, 0.25) is 0 Å². The van der Waals surface area contributed by atoms with Crippen LogP contribution in [0.15, 0.2) is 30.5 Å². The molecule has 6 heteroatoms. The van der Waals surface area contributed by atoms with Crippen molar-refractivity contribution in [3.63, 3.8) is 0 Å². The highest BCUT2D eigenvalue weighted by atomic mass is 16.5. The van der Waals surface area contributed by atoms with Gasteiger partial charge < -0.3 is 4.74 Å². The van der Waals surface area contributed by atoms with Crippen LogP contribution in [-0.2, 0) is 17.8 Å². The number of carbonyl (C=O) groups excluding carboxylic acids is 1. The largest absolute Gasteiger partial charge is 0.464 e. The summed E-state index contributed by atoms with van der Waals surface area (Å²) in [5.74, 6) is -0.444. The van der Waals surface area contributed by atoms with Crippen molar-refractivity contribution < 1.29 is 9.53 Å². The van der Waals surface area contributed by atoms with E-state index in [1.54, 1.807) is 10.9 Å². The molecule has 0 unspecified atom stereocenters. The van der Waals surface area contributed by atoms with Crippen molar-refractivity contribution in [2.75, 3.05) is 7.11 Å². The number of rotatable bonds is 5. The van der Waals surface area contributed by atoms with E-state index in [0.29, 0.717) is 18.8 Å². The van der Waals surface area contributed by atoms with Crippen LogP contribution < -0.4 is 0 Å². The molecule has 0 amide bonds. The molecule has 1 fully saturated rings. The zero-order valence-electron chi connectivity index (χ0n) is 13.2. The van der Waals surface area contributed by atoms with Crippen LogP contribution in [0.3, 0.4) is 0 Å². The Balaban J connectivity index is 1.56. The molecule has 120 valence electrons. The number of hydrogen-bond acceptors (Lipinski definition) is 5. The molecular weight excluding hydrogens is 292 g/mol. The molecule has 1 aromatic heterocycles. The Hall–Kier alpha value is -2.21. The summed E-state index contributed by atoms with van der Waals surface area (Å²) < 4.78 is 6.43. The average molecular weight is 312 g/mol. The molecular formula is C17H20N4O2. The lowest BCUT2D eigenvalue weighted by Gasteiger charge is -2.29. The number of fused-ring (bicyclic) bond motifs is 1. The minimum atomic E-state index is -0.444. The summed E-state index contributed by atoms with van der Waals surface area (Å²) >= 11 is 0. The summed E-state index contributed by atoms with van der Waals surface area (Å²) in [6.07, 6.45) is 6.42. The van der Waals surface area contributed by atoms with Gasteiger partial charge in [0.05, 0.1) is 20.0 Å². The molecule has 0 spiro atoms. The number of nitrogens with zero attached hydrogens (tertiary/aromatic N) is 4. The highest BCUT2D eigenvalue weighted by molar-refractivity contribution is 5.86. The molecule has 1 heterocycles. The summed E-state index contributed by atoms with van der Waals surface area (Å²) in [5.41, 5.74) is 3.15. The molecule has 2 aliphatic rings. The number of aryl methyl sites for hydroxylation is 1. The van der Waals surface area contributed by atoms with Crippen molar-refractivity contribution in [3.05, 3.63) is 47.3 Å². The van der Waals surface area contributed by atoms with Crippen molar-refractivity contribution >= 4 is 5.97 Å². The summed E-state index contributed by atoms with van der Waals surface area (Å²) in [4.78, 5) is 14.0. The second-order valence-electron chi connectivity index (χ2n) is 6.27. The fourth-order valence-electron chi connectivity index (χ4n) is 3.49. The third-order valence-electron chi connectivity index (χ3n) is 4.76. The standard InChI is InChI=1S/C17H20N4O2/c1-23-17(22)15-10-20(19-18-15)11-21(13-7-8-13)16-9-6-12-4-2-3-5-14(12)16/h2-5,10,13,16H,6-9,11H2,1H3/t16-/m1/s1. The first-order valence-corrected chi connectivity index (χ1v) is 8.08. The van der Waals surface area contributed by atoms with Gasteiger partial charge in [-0.25, -0.2) is 9.48 Å². The minimum Gasteiger partial charge on any atom is -0.464 e. The minimum absolute atomic E-state index is 0.259. The van der Waals surface area contributed by atoms with E-state index >= 15 is 0 Å². The number of ether oxygens (including phenoxy) is 1. The van der Waals surface area contributed by atoms with Crippen molar-refractivity contribution in [3.8, 4) is 0 Å². The smallest absolute Gasteiger partial charge is 0.360 e. The zero-order valence-corrected chi connectivity index (χ0v) is 13.2. The van der Waals surface area contributed by atoms with Crippen LogP contribution in [0.1, 0.15) is 46.9 Å². The fourth-order valence-corrected chi connectivity index (χ4v) is 3.49. The maximum atomic E-state index is 11.5. The Kier molecular flexibility index (Phi) is 3.61. The van der Waals surface area contributed by atoms with Gasteiger partial charge in [0, 0.05) is 12.1 Å². The van der Waals surface area contributed by atoms with Gasteiger partial charge in [-0.05, 0) is 36.8 Å². The molecule has 6 nitrogen and oxygen atoms in total. The first-order valence-electron chi connectivity index (χ1n) is 8.08. The van der Waals surface area contributed by atoms with Gasteiger partial charge >= 0.3 is 5.97 Å². The lowest BCUT2D eigenvalue weighted by molar-refractivity contribution is 0.0593. The van der Waals surface area contributed by atoms with Gasteiger partial charge in [-0.2, -0.15) is 0 Å². The highest BCUT2D eigenvalue weighted by Crippen LogP contribution is 2.41.